The van der Waals surface area contributed by atoms with E-state index in [9.17, 15) is 13.2 Å². The summed E-state index contributed by atoms with van der Waals surface area (Å²) < 4.78 is 26.9. The minimum absolute atomic E-state index is 0.0811. The van der Waals surface area contributed by atoms with Crippen LogP contribution in [0.4, 0.5) is 5.13 Å². The first-order chi connectivity index (χ1) is 9.83. The van der Waals surface area contributed by atoms with E-state index in [4.69, 9.17) is 5.11 Å². The molecule has 0 spiro atoms. The van der Waals surface area contributed by atoms with Crippen LogP contribution in [0.25, 0.3) is 0 Å². The number of thiazole rings is 1. The van der Waals surface area contributed by atoms with Crippen molar-refractivity contribution in [3.8, 4) is 0 Å². The summed E-state index contributed by atoms with van der Waals surface area (Å²) in [4.78, 5) is 16.0. The van der Waals surface area contributed by atoms with Crippen molar-refractivity contribution in [2.75, 3.05) is 4.72 Å². The number of aromatic carboxylic acids is 1. The van der Waals surface area contributed by atoms with Crippen molar-refractivity contribution in [3.05, 3.63) is 40.4 Å². The van der Waals surface area contributed by atoms with Crippen molar-refractivity contribution in [3.63, 3.8) is 0 Å². The lowest BCUT2D eigenvalue weighted by Crippen LogP contribution is -2.13. The minimum atomic E-state index is -3.85. The van der Waals surface area contributed by atoms with Gasteiger partial charge in [0.2, 0.25) is 0 Å². The van der Waals surface area contributed by atoms with Crippen molar-refractivity contribution in [1.82, 2.24) is 4.98 Å². The van der Waals surface area contributed by atoms with Gasteiger partial charge in [0.1, 0.15) is 0 Å². The molecule has 21 heavy (non-hydrogen) atoms. The number of aryl methyl sites for hydroxylation is 2. The summed E-state index contributed by atoms with van der Waals surface area (Å²) in [6.07, 6.45) is 0.721. The molecule has 2 rings (SSSR count). The van der Waals surface area contributed by atoms with Crippen LogP contribution in [0.15, 0.2) is 29.2 Å². The van der Waals surface area contributed by atoms with Crippen LogP contribution < -0.4 is 4.72 Å². The van der Waals surface area contributed by atoms with Crippen LogP contribution >= 0.6 is 11.3 Å². The molecule has 0 bridgehead atoms. The zero-order valence-corrected chi connectivity index (χ0v) is 13.1. The molecule has 0 aliphatic rings. The third kappa shape index (κ3) is 3.40. The van der Waals surface area contributed by atoms with E-state index in [0.717, 1.165) is 23.1 Å². The number of benzene rings is 1. The molecule has 2 aromatic rings. The smallest absolute Gasteiger partial charge is 0.335 e. The number of sulfonamides is 1. The van der Waals surface area contributed by atoms with Gasteiger partial charge in [0.25, 0.3) is 10.0 Å². The summed E-state index contributed by atoms with van der Waals surface area (Å²) in [5, 5.41) is 9.19. The predicted octanol–water partition coefficient (Wildman–Crippen LogP) is 2.51. The zero-order valence-electron chi connectivity index (χ0n) is 11.5. The SMILES string of the molecule is CCc1nc(NS(=O)(=O)c2cccc(C(=O)O)c2)sc1C. The van der Waals surface area contributed by atoms with Gasteiger partial charge in [-0.1, -0.05) is 13.0 Å². The molecule has 0 radical (unpaired) electrons. The van der Waals surface area contributed by atoms with Gasteiger partial charge in [-0.15, -0.1) is 11.3 Å². The van der Waals surface area contributed by atoms with E-state index in [2.05, 4.69) is 9.71 Å². The lowest BCUT2D eigenvalue weighted by atomic mass is 10.2. The third-order valence-corrected chi connectivity index (χ3v) is 5.23. The zero-order chi connectivity index (χ0) is 15.6. The van der Waals surface area contributed by atoms with E-state index < -0.39 is 16.0 Å². The maximum Gasteiger partial charge on any atom is 0.335 e. The number of carboxylic acid groups (broad SMARTS) is 1. The molecule has 6 nitrogen and oxygen atoms in total. The van der Waals surface area contributed by atoms with Crippen molar-refractivity contribution >= 4 is 32.5 Å². The highest BCUT2D eigenvalue weighted by molar-refractivity contribution is 7.93. The molecule has 0 fully saturated rings. The molecule has 0 saturated heterocycles. The summed E-state index contributed by atoms with van der Waals surface area (Å²) >= 11 is 1.25. The predicted molar refractivity (Wildman–Crippen MR) is 80.4 cm³/mol. The van der Waals surface area contributed by atoms with Gasteiger partial charge in [-0.05, 0) is 31.5 Å². The Bertz CT molecular complexity index is 781. The molecule has 0 aliphatic carbocycles. The topological polar surface area (TPSA) is 96.4 Å². The first-order valence-corrected chi connectivity index (χ1v) is 8.46. The molecule has 0 amide bonds. The number of rotatable bonds is 5. The highest BCUT2D eigenvalue weighted by atomic mass is 32.2. The van der Waals surface area contributed by atoms with Crippen LogP contribution in [0.5, 0.6) is 0 Å². The Morgan fingerprint density at radius 2 is 2.14 bits per heavy atom. The average Bonchev–Trinajstić information content (AvgIpc) is 2.78. The second-order valence-electron chi connectivity index (χ2n) is 4.31. The van der Waals surface area contributed by atoms with E-state index in [1.807, 2.05) is 13.8 Å². The summed E-state index contributed by atoms with van der Waals surface area (Å²) in [6, 6.07) is 5.19. The lowest BCUT2D eigenvalue weighted by Gasteiger charge is -2.05. The quantitative estimate of drug-likeness (QED) is 0.880. The molecule has 112 valence electrons. The number of carbonyl (C=O) groups is 1. The Morgan fingerprint density at radius 1 is 1.43 bits per heavy atom. The van der Waals surface area contributed by atoms with Gasteiger partial charge in [0.15, 0.2) is 5.13 Å². The lowest BCUT2D eigenvalue weighted by molar-refractivity contribution is 0.0696. The number of aromatic nitrogens is 1. The van der Waals surface area contributed by atoms with Gasteiger partial charge < -0.3 is 5.11 Å². The third-order valence-electron chi connectivity index (χ3n) is 2.84. The van der Waals surface area contributed by atoms with Gasteiger partial charge >= 0.3 is 5.97 Å². The largest absolute Gasteiger partial charge is 0.478 e. The molecule has 1 aromatic heterocycles. The highest BCUT2D eigenvalue weighted by Gasteiger charge is 2.18. The van der Waals surface area contributed by atoms with Crippen molar-refractivity contribution in [1.29, 1.82) is 0 Å². The van der Waals surface area contributed by atoms with Crippen LogP contribution in [-0.4, -0.2) is 24.5 Å². The molecule has 0 aliphatic heterocycles. The van der Waals surface area contributed by atoms with E-state index in [0.29, 0.717) is 0 Å². The first-order valence-electron chi connectivity index (χ1n) is 6.16. The van der Waals surface area contributed by atoms with Gasteiger partial charge in [0, 0.05) is 4.88 Å². The van der Waals surface area contributed by atoms with Crippen LogP contribution in [0.3, 0.4) is 0 Å². The molecule has 0 atom stereocenters. The summed E-state index contributed by atoms with van der Waals surface area (Å²) in [6.45, 7) is 3.82. The number of carboxylic acids is 1. The Balaban J connectivity index is 2.33. The van der Waals surface area contributed by atoms with Crippen molar-refractivity contribution in [2.45, 2.75) is 25.2 Å². The Morgan fingerprint density at radius 3 is 2.71 bits per heavy atom. The molecule has 1 heterocycles. The average molecular weight is 326 g/mol. The van der Waals surface area contributed by atoms with Crippen LogP contribution in [0.2, 0.25) is 0 Å². The Kier molecular flexibility index (Phi) is 4.29. The molecule has 0 unspecified atom stereocenters. The van der Waals surface area contributed by atoms with Gasteiger partial charge in [-0.2, -0.15) is 0 Å². The van der Waals surface area contributed by atoms with E-state index in [-0.39, 0.29) is 15.6 Å². The molecule has 2 N–H and O–H groups in total. The van der Waals surface area contributed by atoms with Crippen molar-refractivity contribution < 1.29 is 18.3 Å². The summed E-state index contributed by atoms with van der Waals surface area (Å²) in [7, 11) is -3.85. The maximum absolute atomic E-state index is 12.2. The number of nitrogens with zero attached hydrogens (tertiary/aromatic N) is 1. The van der Waals surface area contributed by atoms with E-state index in [1.54, 1.807) is 0 Å². The van der Waals surface area contributed by atoms with Crippen LogP contribution in [0, 0.1) is 6.92 Å². The van der Waals surface area contributed by atoms with Gasteiger partial charge in [-0.3, -0.25) is 4.72 Å². The Hall–Kier alpha value is -1.93. The van der Waals surface area contributed by atoms with E-state index in [1.165, 1.54) is 29.5 Å². The minimum Gasteiger partial charge on any atom is -0.478 e. The molecule has 8 heteroatoms. The van der Waals surface area contributed by atoms with Crippen LogP contribution in [0.1, 0.15) is 27.9 Å². The molecule has 1 aromatic carbocycles. The van der Waals surface area contributed by atoms with Gasteiger partial charge in [-0.25, -0.2) is 18.2 Å². The fourth-order valence-electron chi connectivity index (χ4n) is 1.77. The fourth-order valence-corrected chi connectivity index (χ4v) is 3.95. The number of hydrogen-bond donors (Lipinski definition) is 2. The number of hydrogen-bond acceptors (Lipinski definition) is 5. The second kappa shape index (κ2) is 5.82. The number of anilines is 1. The Labute approximate surface area is 126 Å². The van der Waals surface area contributed by atoms with Gasteiger partial charge in [0.05, 0.1) is 16.2 Å². The fraction of sp³-hybridized carbons (Fsp3) is 0.231. The van der Waals surface area contributed by atoms with Crippen LogP contribution in [-0.2, 0) is 16.4 Å². The standard InChI is InChI=1S/C13H14N2O4S2/c1-3-11-8(2)20-13(14-11)15-21(18,19)10-6-4-5-9(7-10)12(16)17/h4-7H,3H2,1-2H3,(H,14,15)(H,16,17). The molecule has 0 saturated carbocycles. The molecular weight excluding hydrogens is 312 g/mol. The first kappa shape index (κ1) is 15.5. The highest BCUT2D eigenvalue weighted by Crippen LogP contribution is 2.25. The normalized spacial score (nSPS) is 11.3. The number of nitrogens with one attached hydrogen (secondary N) is 1. The van der Waals surface area contributed by atoms with E-state index >= 15 is 0 Å². The second-order valence-corrected chi connectivity index (χ2v) is 7.20. The summed E-state index contributed by atoms with van der Waals surface area (Å²) in [5.74, 6) is -1.18. The van der Waals surface area contributed by atoms with Crippen molar-refractivity contribution in [2.24, 2.45) is 0 Å². The monoisotopic (exact) mass is 326 g/mol. The summed E-state index contributed by atoms with van der Waals surface area (Å²) in [5.41, 5.74) is 0.763. The molecular formula is C13H14N2O4S2. The maximum atomic E-state index is 12.2.